The fourth-order valence-electron chi connectivity index (χ4n) is 1.44. The smallest absolute Gasteiger partial charge is 0.258 e. The van der Waals surface area contributed by atoms with E-state index in [-0.39, 0.29) is 13.2 Å². The molecule has 1 atom stereocenters. The zero-order valence-electron chi connectivity index (χ0n) is 10.8. The van der Waals surface area contributed by atoms with E-state index in [2.05, 4.69) is 5.32 Å². The Morgan fingerprint density at radius 3 is 2.89 bits per heavy atom. The van der Waals surface area contributed by atoms with Gasteiger partial charge in [-0.15, -0.1) is 0 Å². The number of rotatable bonds is 6. The highest BCUT2D eigenvalue weighted by atomic mass is 16.5. The summed E-state index contributed by atoms with van der Waals surface area (Å²) in [7, 11) is 1.51. The number of carbonyl (C=O) groups is 1. The minimum absolute atomic E-state index is 0.0659. The standard InChI is InChI=1S/C13H16N2O4/c1-9(16)11-4-3-10(18-2)7-12(11)19-8-13(17)15-6-5-14/h3-4,7,9,16H,6,8H2,1-2H3,(H,15,17)/t9-/m1/s1. The van der Waals surface area contributed by atoms with Gasteiger partial charge in [0.25, 0.3) is 5.91 Å². The van der Waals surface area contributed by atoms with Crippen LogP contribution in [0.3, 0.4) is 0 Å². The highest BCUT2D eigenvalue weighted by Gasteiger charge is 2.12. The van der Waals surface area contributed by atoms with Gasteiger partial charge in [0, 0.05) is 11.6 Å². The van der Waals surface area contributed by atoms with Gasteiger partial charge in [0.15, 0.2) is 6.61 Å². The molecule has 6 heteroatoms. The largest absolute Gasteiger partial charge is 0.497 e. The number of methoxy groups -OCH3 is 1. The first-order valence-electron chi connectivity index (χ1n) is 5.71. The summed E-state index contributed by atoms with van der Waals surface area (Å²) in [5.74, 6) is 0.541. The van der Waals surface area contributed by atoms with Crippen molar-refractivity contribution in [3.63, 3.8) is 0 Å². The molecule has 0 heterocycles. The number of hydrogen-bond acceptors (Lipinski definition) is 5. The van der Waals surface area contributed by atoms with Crippen molar-refractivity contribution in [3.05, 3.63) is 23.8 Å². The van der Waals surface area contributed by atoms with Crippen LogP contribution in [0.2, 0.25) is 0 Å². The summed E-state index contributed by atoms with van der Waals surface area (Å²) in [6, 6.07) is 6.77. The van der Waals surface area contributed by atoms with Gasteiger partial charge in [-0.1, -0.05) is 0 Å². The van der Waals surface area contributed by atoms with E-state index in [9.17, 15) is 9.90 Å². The zero-order chi connectivity index (χ0) is 14.3. The third-order valence-corrected chi connectivity index (χ3v) is 2.39. The van der Waals surface area contributed by atoms with E-state index in [1.807, 2.05) is 0 Å². The van der Waals surface area contributed by atoms with Crippen LogP contribution in [0.25, 0.3) is 0 Å². The predicted molar refractivity (Wildman–Crippen MR) is 67.7 cm³/mol. The van der Waals surface area contributed by atoms with Crippen molar-refractivity contribution in [1.82, 2.24) is 5.32 Å². The highest BCUT2D eigenvalue weighted by Crippen LogP contribution is 2.29. The SMILES string of the molecule is COc1ccc([C@@H](C)O)c(OCC(=O)NCC#N)c1. The minimum Gasteiger partial charge on any atom is -0.497 e. The topological polar surface area (TPSA) is 91.6 Å². The van der Waals surface area contributed by atoms with E-state index in [1.165, 1.54) is 7.11 Å². The Hall–Kier alpha value is -2.26. The van der Waals surface area contributed by atoms with E-state index in [1.54, 1.807) is 31.2 Å². The first-order chi connectivity index (χ1) is 9.08. The van der Waals surface area contributed by atoms with E-state index >= 15 is 0 Å². The summed E-state index contributed by atoms with van der Waals surface area (Å²) in [4.78, 5) is 11.3. The summed E-state index contributed by atoms with van der Waals surface area (Å²) >= 11 is 0. The van der Waals surface area contributed by atoms with Crippen LogP contribution in [0.4, 0.5) is 0 Å². The van der Waals surface area contributed by atoms with Gasteiger partial charge in [-0.25, -0.2) is 0 Å². The van der Waals surface area contributed by atoms with E-state index < -0.39 is 12.0 Å². The van der Waals surface area contributed by atoms with Crippen LogP contribution in [-0.4, -0.2) is 31.3 Å². The van der Waals surface area contributed by atoms with Crippen molar-refractivity contribution in [1.29, 1.82) is 5.26 Å². The number of amides is 1. The Morgan fingerprint density at radius 2 is 2.32 bits per heavy atom. The van der Waals surface area contributed by atoms with Crippen LogP contribution in [0.5, 0.6) is 11.5 Å². The molecule has 0 aromatic heterocycles. The number of ether oxygens (including phenoxy) is 2. The second kappa shape index (κ2) is 7.24. The molecule has 0 aliphatic heterocycles. The minimum atomic E-state index is -0.719. The Balaban J connectivity index is 2.75. The van der Waals surface area contributed by atoms with Crippen molar-refractivity contribution < 1.29 is 19.4 Å². The maximum absolute atomic E-state index is 11.3. The van der Waals surface area contributed by atoms with Crippen molar-refractivity contribution in [2.24, 2.45) is 0 Å². The number of aliphatic hydroxyl groups is 1. The monoisotopic (exact) mass is 264 g/mol. The van der Waals surface area contributed by atoms with Crippen molar-refractivity contribution in [2.75, 3.05) is 20.3 Å². The van der Waals surface area contributed by atoms with Crippen LogP contribution in [0, 0.1) is 11.3 Å². The third-order valence-electron chi connectivity index (χ3n) is 2.39. The van der Waals surface area contributed by atoms with E-state index in [0.29, 0.717) is 17.1 Å². The maximum Gasteiger partial charge on any atom is 0.258 e. The van der Waals surface area contributed by atoms with Crippen LogP contribution >= 0.6 is 0 Å². The van der Waals surface area contributed by atoms with Gasteiger partial charge in [0.1, 0.15) is 18.0 Å². The van der Waals surface area contributed by atoms with Crippen LogP contribution < -0.4 is 14.8 Å². The first-order valence-corrected chi connectivity index (χ1v) is 5.71. The van der Waals surface area contributed by atoms with Crippen LogP contribution in [-0.2, 0) is 4.79 Å². The molecule has 1 aromatic carbocycles. The molecule has 6 nitrogen and oxygen atoms in total. The summed E-state index contributed by atoms with van der Waals surface area (Å²) in [6.45, 7) is 1.31. The lowest BCUT2D eigenvalue weighted by atomic mass is 10.1. The molecule has 0 saturated heterocycles. The van der Waals surface area contributed by atoms with Gasteiger partial charge >= 0.3 is 0 Å². The second-order valence-corrected chi connectivity index (χ2v) is 3.80. The van der Waals surface area contributed by atoms with Gasteiger partial charge in [-0.3, -0.25) is 4.79 Å². The Kier molecular flexibility index (Phi) is 5.64. The van der Waals surface area contributed by atoms with Crippen molar-refractivity contribution in [2.45, 2.75) is 13.0 Å². The Morgan fingerprint density at radius 1 is 1.58 bits per heavy atom. The lowest BCUT2D eigenvalue weighted by Crippen LogP contribution is -2.29. The summed E-state index contributed by atoms with van der Waals surface area (Å²) in [5, 5.41) is 20.3. The van der Waals surface area contributed by atoms with Gasteiger partial charge < -0.3 is 19.9 Å². The molecule has 0 spiro atoms. The number of nitrogens with one attached hydrogen (secondary N) is 1. The first kappa shape index (κ1) is 14.8. The normalized spacial score (nSPS) is 11.3. The Labute approximate surface area is 111 Å². The van der Waals surface area contributed by atoms with Crippen molar-refractivity contribution >= 4 is 5.91 Å². The molecule has 0 aliphatic rings. The molecular formula is C13H16N2O4. The van der Waals surface area contributed by atoms with Crippen LogP contribution in [0.1, 0.15) is 18.6 Å². The lowest BCUT2D eigenvalue weighted by molar-refractivity contribution is -0.122. The quantitative estimate of drug-likeness (QED) is 0.740. The second-order valence-electron chi connectivity index (χ2n) is 3.80. The molecule has 1 aromatic rings. The number of nitriles is 1. The zero-order valence-corrected chi connectivity index (χ0v) is 10.8. The highest BCUT2D eigenvalue weighted by molar-refractivity contribution is 5.77. The molecular weight excluding hydrogens is 248 g/mol. The predicted octanol–water partition coefficient (Wildman–Crippen LogP) is 0.767. The molecule has 0 radical (unpaired) electrons. The fourth-order valence-corrected chi connectivity index (χ4v) is 1.44. The van der Waals surface area contributed by atoms with Crippen LogP contribution in [0.15, 0.2) is 18.2 Å². The number of carbonyl (C=O) groups excluding carboxylic acids is 1. The molecule has 0 saturated carbocycles. The molecule has 0 fully saturated rings. The van der Waals surface area contributed by atoms with Gasteiger partial charge in [0.2, 0.25) is 0 Å². The molecule has 0 aliphatic carbocycles. The Bertz CT molecular complexity index is 480. The molecule has 1 rings (SSSR count). The number of aliphatic hydroxyl groups excluding tert-OH is 1. The fraction of sp³-hybridized carbons (Fsp3) is 0.385. The molecule has 0 unspecified atom stereocenters. The van der Waals surface area contributed by atoms with E-state index in [0.717, 1.165) is 0 Å². The summed E-state index contributed by atoms with van der Waals surface area (Å²) in [5.41, 5.74) is 0.564. The van der Waals surface area contributed by atoms with E-state index in [4.69, 9.17) is 14.7 Å². The van der Waals surface area contributed by atoms with Gasteiger partial charge in [-0.2, -0.15) is 5.26 Å². The van der Waals surface area contributed by atoms with Crippen molar-refractivity contribution in [3.8, 4) is 17.6 Å². The average Bonchev–Trinajstić information content (AvgIpc) is 2.42. The molecule has 2 N–H and O–H groups in total. The van der Waals surface area contributed by atoms with Gasteiger partial charge in [0.05, 0.1) is 19.3 Å². The third kappa shape index (κ3) is 4.48. The number of benzene rings is 1. The lowest BCUT2D eigenvalue weighted by Gasteiger charge is -2.14. The average molecular weight is 264 g/mol. The summed E-state index contributed by atoms with van der Waals surface area (Å²) < 4.78 is 10.4. The molecule has 102 valence electrons. The summed E-state index contributed by atoms with van der Waals surface area (Å²) in [6.07, 6.45) is -0.719. The maximum atomic E-state index is 11.3. The molecule has 0 bridgehead atoms. The number of hydrogen-bond donors (Lipinski definition) is 2. The van der Waals surface area contributed by atoms with Gasteiger partial charge in [-0.05, 0) is 19.1 Å². The molecule has 19 heavy (non-hydrogen) atoms. The number of nitrogens with zero attached hydrogens (tertiary/aromatic N) is 1. The molecule has 1 amide bonds.